The van der Waals surface area contributed by atoms with Gasteiger partial charge in [0.05, 0.1) is 29.2 Å². The van der Waals surface area contributed by atoms with Crippen LogP contribution in [0.1, 0.15) is 29.9 Å². The minimum Gasteiger partial charge on any atom is -0.374 e. The summed E-state index contributed by atoms with van der Waals surface area (Å²) in [6.07, 6.45) is 4.34. The summed E-state index contributed by atoms with van der Waals surface area (Å²) >= 11 is 0. The molecular formula is C26H24FN5O2. The highest BCUT2D eigenvalue weighted by molar-refractivity contribution is 5.85. The summed E-state index contributed by atoms with van der Waals surface area (Å²) in [5.74, 6) is -0.279. The summed E-state index contributed by atoms with van der Waals surface area (Å²) in [6.45, 7) is 4.20. The van der Waals surface area contributed by atoms with Crippen molar-refractivity contribution in [3.63, 3.8) is 0 Å². The van der Waals surface area contributed by atoms with Crippen molar-refractivity contribution in [3.8, 4) is 11.1 Å². The number of anilines is 1. The SMILES string of the molecule is Cc1nc2cc(NCC(=O)N3CCc4cc(-c5cccnc5)ccc4C3C)c(F)cc2c(=O)[nH]1. The molecule has 1 aliphatic rings. The first-order valence-electron chi connectivity index (χ1n) is 11.2. The molecule has 1 amide bonds. The van der Waals surface area contributed by atoms with E-state index in [2.05, 4.69) is 38.5 Å². The summed E-state index contributed by atoms with van der Waals surface area (Å²) in [5.41, 5.74) is 4.63. The van der Waals surface area contributed by atoms with E-state index < -0.39 is 11.4 Å². The third kappa shape index (κ3) is 4.03. The van der Waals surface area contributed by atoms with Crippen LogP contribution in [0.4, 0.5) is 10.1 Å². The van der Waals surface area contributed by atoms with E-state index in [1.165, 1.54) is 11.6 Å². The summed E-state index contributed by atoms with van der Waals surface area (Å²) in [7, 11) is 0. The molecule has 3 heterocycles. The zero-order valence-electron chi connectivity index (χ0n) is 18.9. The van der Waals surface area contributed by atoms with Gasteiger partial charge in [0, 0.05) is 18.9 Å². The fourth-order valence-corrected chi connectivity index (χ4v) is 4.57. The van der Waals surface area contributed by atoms with E-state index >= 15 is 0 Å². The number of nitrogens with one attached hydrogen (secondary N) is 2. The molecule has 172 valence electrons. The van der Waals surface area contributed by atoms with Gasteiger partial charge in [0.1, 0.15) is 11.6 Å². The lowest BCUT2D eigenvalue weighted by molar-refractivity contribution is -0.131. The van der Waals surface area contributed by atoms with E-state index in [4.69, 9.17) is 0 Å². The van der Waals surface area contributed by atoms with Crippen molar-refractivity contribution in [1.82, 2.24) is 19.9 Å². The molecule has 2 N–H and O–H groups in total. The zero-order chi connectivity index (χ0) is 23.8. The summed E-state index contributed by atoms with van der Waals surface area (Å²) in [6, 6.07) is 12.8. The summed E-state index contributed by atoms with van der Waals surface area (Å²) in [5, 5.41) is 3.06. The average Bonchev–Trinajstić information content (AvgIpc) is 2.83. The summed E-state index contributed by atoms with van der Waals surface area (Å²) in [4.78, 5) is 37.9. The third-order valence-electron chi connectivity index (χ3n) is 6.34. The van der Waals surface area contributed by atoms with E-state index in [9.17, 15) is 14.0 Å². The number of benzene rings is 2. The van der Waals surface area contributed by atoms with Crippen LogP contribution < -0.4 is 10.9 Å². The predicted octanol–water partition coefficient (Wildman–Crippen LogP) is 3.99. The maximum Gasteiger partial charge on any atom is 0.258 e. The van der Waals surface area contributed by atoms with Crippen LogP contribution >= 0.6 is 0 Å². The van der Waals surface area contributed by atoms with Crippen molar-refractivity contribution >= 4 is 22.5 Å². The monoisotopic (exact) mass is 457 g/mol. The Morgan fingerprint density at radius 1 is 1.24 bits per heavy atom. The number of hydrogen-bond donors (Lipinski definition) is 2. The van der Waals surface area contributed by atoms with Gasteiger partial charge in [-0.05, 0) is 60.7 Å². The number of rotatable bonds is 4. The van der Waals surface area contributed by atoms with E-state index in [1.54, 1.807) is 13.1 Å². The first kappa shape index (κ1) is 21.8. The average molecular weight is 458 g/mol. The third-order valence-corrected chi connectivity index (χ3v) is 6.34. The van der Waals surface area contributed by atoms with Gasteiger partial charge in [0.2, 0.25) is 5.91 Å². The fraction of sp³-hybridized carbons (Fsp3) is 0.231. The van der Waals surface area contributed by atoms with Gasteiger partial charge in [-0.1, -0.05) is 24.3 Å². The largest absolute Gasteiger partial charge is 0.374 e. The Balaban J connectivity index is 1.32. The molecule has 7 nitrogen and oxygen atoms in total. The number of aryl methyl sites for hydroxylation is 1. The Kier molecular flexibility index (Phi) is 5.57. The molecule has 34 heavy (non-hydrogen) atoms. The first-order chi connectivity index (χ1) is 16.4. The van der Waals surface area contributed by atoms with E-state index in [0.29, 0.717) is 17.9 Å². The smallest absolute Gasteiger partial charge is 0.258 e. The molecular weight excluding hydrogens is 433 g/mol. The normalized spacial score (nSPS) is 15.3. The second-order valence-corrected chi connectivity index (χ2v) is 8.52. The van der Waals surface area contributed by atoms with E-state index in [1.807, 2.05) is 30.2 Å². The standard InChI is InChI=1S/C26H24FN5O2/c1-15-20-6-5-17(19-4-3-8-28-13-19)10-18(20)7-9-32(15)25(33)14-29-24-12-23-21(11-22(24)27)26(34)31-16(2)30-23/h3-6,8,10-13,15,29H,7,9,14H2,1-2H3,(H,30,31,34). The molecule has 5 rings (SSSR count). The maximum absolute atomic E-state index is 14.6. The Labute approximate surface area is 195 Å². The highest BCUT2D eigenvalue weighted by Crippen LogP contribution is 2.32. The topological polar surface area (TPSA) is 91.0 Å². The van der Waals surface area contributed by atoms with Gasteiger partial charge in [-0.3, -0.25) is 14.6 Å². The highest BCUT2D eigenvalue weighted by atomic mass is 19.1. The van der Waals surface area contributed by atoms with Gasteiger partial charge in [-0.2, -0.15) is 0 Å². The molecule has 1 unspecified atom stereocenters. The molecule has 0 saturated heterocycles. The quantitative estimate of drug-likeness (QED) is 0.484. The van der Waals surface area contributed by atoms with Gasteiger partial charge in [0.15, 0.2) is 0 Å². The second-order valence-electron chi connectivity index (χ2n) is 8.52. The molecule has 0 spiro atoms. The Hall–Kier alpha value is -4.07. The van der Waals surface area contributed by atoms with Crippen LogP contribution in [0.25, 0.3) is 22.0 Å². The zero-order valence-corrected chi connectivity index (χ0v) is 18.9. The van der Waals surface area contributed by atoms with Crippen LogP contribution in [-0.4, -0.2) is 38.8 Å². The fourth-order valence-electron chi connectivity index (χ4n) is 4.57. The first-order valence-corrected chi connectivity index (χ1v) is 11.2. The van der Waals surface area contributed by atoms with Crippen molar-refractivity contribution in [1.29, 1.82) is 0 Å². The molecule has 0 bridgehead atoms. The molecule has 0 fully saturated rings. The Bertz CT molecular complexity index is 1450. The van der Waals surface area contributed by atoms with Gasteiger partial charge in [0.25, 0.3) is 5.56 Å². The number of fused-ring (bicyclic) bond motifs is 2. The number of aromatic amines is 1. The van der Waals surface area contributed by atoms with Gasteiger partial charge in [-0.25, -0.2) is 9.37 Å². The van der Waals surface area contributed by atoms with Gasteiger partial charge >= 0.3 is 0 Å². The van der Waals surface area contributed by atoms with Crippen molar-refractivity contribution in [2.24, 2.45) is 0 Å². The number of pyridine rings is 1. The van der Waals surface area contributed by atoms with E-state index in [0.717, 1.165) is 29.2 Å². The minimum atomic E-state index is -0.601. The molecule has 4 aromatic rings. The molecule has 0 saturated carbocycles. The molecule has 2 aromatic heterocycles. The molecule has 0 aliphatic carbocycles. The lowest BCUT2D eigenvalue weighted by atomic mass is 9.90. The Morgan fingerprint density at radius 2 is 2.09 bits per heavy atom. The number of nitrogens with zero attached hydrogens (tertiary/aromatic N) is 3. The van der Waals surface area contributed by atoms with Crippen LogP contribution in [0.3, 0.4) is 0 Å². The number of halogens is 1. The lowest BCUT2D eigenvalue weighted by Crippen LogP contribution is -2.41. The number of H-pyrrole nitrogens is 1. The number of carbonyl (C=O) groups excluding carboxylic acids is 1. The van der Waals surface area contributed by atoms with Crippen molar-refractivity contribution < 1.29 is 9.18 Å². The number of aromatic nitrogens is 3. The molecule has 8 heteroatoms. The second kappa shape index (κ2) is 8.70. The predicted molar refractivity (Wildman–Crippen MR) is 129 cm³/mol. The van der Waals surface area contributed by atoms with Crippen molar-refractivity contribution in [3.05, 3.63) is 88.0 Å². The van der Waals surface area contributed by atoms with Gasteiger partial charge in [-0.15, -0.1) is 0 Å². The van der Waals surface area contributed by atoms with Crippen LogP contribution in [0.2, 0.25) is 0 Å². The number of carbonyl (C=O) groups is 1. The number of hydrogen-bond acceptors (Lipinski definition) is 5. The molecule has 0 radical (unpaired) electrons. The minimum absolute atomic E-state index is 0.0575. The summed E-state index contributed by atoms with van der Waals surface area (Å²) < 4.78 is 14.6. The van der Waals surface area contributed by atoms with E-state index in [-0.39, 0.29) is 29.6 Å². The maximum atomic E-state index is 14.6. The van der Waals surface area contributed by atoms with Crippen molar-refractivity contribution in [2.75, 3.05) is 18.4 Å². The number of amides is 1. The van der Waals surface area contributed by atoms with Crippen LogP contribution in [-0.2, 0) is 11.2 Å². The van der Waals surface area contributed by atoms with Crippen LogP contribution in [0.15, 0.2) is 59.7 Å². The van der Waals surface area contributed by atoms with Crippen molar-refractivity contribution in [2.45, 2.75) is 26.3 Å². The molecule has 1 atom stereocenters. The molecule has 1 aliphatic heterocycles. The van der Waals surface area contributed by atoms with Crippen LogP contribution in [0.5, 0.6) is 0 Å². The van der Waals surface area contributed by atoms with Gasteiger partial charge < -0.3 is 15.2 Å². The molecule has 2 aromatic carbocycles. The lowest BCUT2D eigenvalue weighted by Gasteiger charge is -2.35. The van der Waals surface area contributed by atoms with Crippen LogP contribution in [0, 0.1) is 12.7 Å². The Morgan fingerprint density at radius 3 is 2.88 bits per heavy atom. The highest BCUT2D eigenvalue weighted by Gasteiger charge is 2.27.